The maximum Gasteiger partial charge on any atom is 0.193 e. The Hall–Kier alpha value is -1.90. The lowest BCUT2D eigenvalue weighted by Gasteiger charge is -2.29. The van der Waals surface area contributed by atoms with Crippen LogP contribution in [0.4, 0.5) is 0 Å². The molecule has 1 aromatic heterocycles. The van der Waals surface area contributed by atoms with Crippen LogP contribution in [0.1, 0.15) is 49.3 Å². The number of aryl methyl sites for hydroxylation is 2. The number of aliphatic imine (C=N–C) groups is 1. The highest BCUT2D eigenvalue weighted by molar-refractivity contribution is 14.0. The van der Waals surface area contributed by atoms with Crippen molar-refractivity contribution in [3.8, 4) is 0 Å². The zero-order valence-corrected chi connectivity index (χ0v) is 20.2. The first-order valence-corrected chi connectivity index (χ1v) is 11.0. The summed E-state index contributed by atoms with van der Waals surface area (Å²) in [4.78, 5) is 6.82. The van der Waals surface area contributed by atoms with Gasteiger partial charge in [0.25, 0.3) is 0 Å². The fourth-order valence-electron chi connectivity index (χ4n) is 4.29. The van der Waals surface area contributed by atoms with E-state index in [0.717, 1.165) is 63.6 Å². The van der Waals surface area contributed by atoms with Crippen LogP contribution in [0.3, 0.4) is 0 Å². The third kappa shape index (κ3) is 5.62. The van der Waals surface area contributed by atoms with E-state index in [1.165, 1.54) is 36.2 Å². The van der Waals surface area contributed by atoms with Crippen molar-refractivity contribution in [3.63, 3.8) is 0 Å². The van der Waals surface area contributed by atoms with Crippen molar-refractivity contribution in [3.05, 3.63) is 53.6 Å². The summed E-state index contributed by atoms with van der Waals surface area (Å²) in [6, 6.07) is 10.7. The number of nitrogens with one attached hydrogen (secondary N) is 1. The molecule has 0 atom stereocenters. The van der Waals surface area contributed by atoms with E-state index < -0.39 is 0 Å². The van der Waals surface area contributed by atoms with Gasteiger partial charge in [0, 0.05) is 46.1 Å². The van der Waals surface area contributed by atoms with Crippen LogP contribution in [0, 0.1) is 0 Å². The fraction of sp³-hybridized carbons (Fsp3) is 0.522. The Bertz CT molecular complexity index is 858. The van der Waals surface area contributed by atoms with Crippen LogP contribution in [0.15, 0.2) is 41.4 Å². The van der Waals surface area contributed by atoms with Crippen molar-refractivity contribution >= 4 is 35.5 Å². The second-order valence-electron chi connectivity index (χ2n) is 7.86. The first kappa shape index (κ1) is 22.8. The number of benzene rings is 1. The maximum absolute atomic E-state index is 4.50. The van der Waals surface area contributed by atoms with Gasteiger partial charge in [-0.2, -0.15) is 0 Å². The Morgan fingerprint density at radius 1 is 1.07 bits per heavy atom. The first-order valence-electron chi connectivity index (χ1n) is 11.0. The molecule has 0 amide bonds. The molecule has 1 N–H and O–H groups in total. The fourth-order valence-corrected chi connectivity index (χ4v) is 4.29. The van der Waals surface area contributed by atoms with Crippen LogP contribution in [-0.4, -0.2) is 52.3 Å². The number of aromatic nitrogens is 3. The van der Waals surface area contributed by atoms with Crippen LogP contribution < -0.4 is 5.32 Å². The molecule has 2 aromatic rings. The van der Waals surface area contributed by atoms with Gasteiger partial charge >= 0.3 is 0 Å². The molecule has 4 rings (SSSR count). The van der Waals surface area contributed by atoms with Crippen LogP contribution in [0.5, 0.6) is 0 Å². The van der Waals surface area contributed by atoms with Crippen LogP contribution in [0.2, 0.25) is 0 Å². The largest absolute Gasteiger partial charge is 0.356 e. The lowest BCUT2D eigenvalue weighted by molar-refractivity contribution is 0.439. The van der Waals surface area contributed by atoms with Crippen molar-refractivity contribution in [2.45, 2.75) is 51.5 Å². The molecular formula is C23H33IN6. The first-order chi connectivity index (χ1) is 14.3. The average molecular weight is 520 g/mol. The number of rotatable bonds is 5. The van der Waals surface area contributed by atoms with Gasteiger partial charge in [-0.15, -0.1) is 34.2 Å². The second-order valence-corrected chi connectivity index (χ2v) is 7.86. The van der Waals surface area contributed by atoms with Crippen molar-refractivity contribution in [2.24, 2.45) is 4.99 Å². The summed E-state index contributed by atoms with van der Waals surface area (Å²) >= 11 is 0. The topological polar surface area (TPSA) is 58.3 Å². The Balaban J connectivity index is 0.00000256. The molecule has 6 nitrogen and oxygen atoms in total. The monoisotopic (exact) mass is 520 g/mol. The number of fused-ring (bicyclic) bond motifs is 1. The molecule has 3 heterocycles. The number of halogens is 1. The minimum atomic E-state index is 0. The van der Waals surface area contributed by atoms with E-state index in [1.54, 1.807) is 0 Å². The van der Waals surface area contributed by atoms with Crippen LogP contribution in [-0.2, 0) is 19.4 Å². The molecule has 2 aliphatic heterocycles. The molecule has 0 saturated heterocycles. The normalized spacial score (nSPS) is 16.9. The summed E-state index contributed by atoms with van der Waals surface area (Å²) < 4.78 is 2.35. The van der Waals surface area contributed by atoms with E-state index in [2.05, 4.69) is 66.4 Å². The summed E-state index contributed by atoms with van der Waals surface area (Å²) in [5.74, 6) is 3.32. The summed E-state index contributed by atoms with van der Waals surface area (Å²) in [5, 5.41) is 12.4. The molecule has 0 bridgehead atoms. The van der Waals surface area contributed by atoms with Crippen molar-refractivity contribution in [2.75, 3.05) is 26.7 Å². The van der Waals surface area contributed by atoms with E-state index in [1.807, 2.05) is 7.05 Å². The maximum atomic E-state index is 4.50. The molecule has 2 aliphatic rings. The van der Waals surface area contributed by atoms with Gasteiger partial charge in [0.2, 0.25) is 0 Å². The molecule has 0 saturated carbocycles. The number of hydrogen-bond donors (Lipinski definition) is 1. The quantitative estimate of drug-likeness (QED) is 0.281. The standard InChI is InChI=1S/C23H32N6.HI/c1-24-23(28-17-13-20(14-18-28)19-9-4-2-5-10-19)25-15-8-12-22-27-26-21-11-6-3-7-16-29(21)22;/h2,4-5,9-10,13H,3,6-8,11-12,14-18H2,1H3,(H,24,25);1H. The van der Waals surface area contributed by atoms with Gasteiger partial charge in [0.1, 0.15) is 11.6 Å². The molecule has 1 aromatic carbocycles. The zero-order chi connectivity index (χ0) is 19.9. The summed E-state index contributed by atoms with van der Waals surface area (Å²) in [6.45, 7) is 3.89. The van der Waals surface area contributed by atoms with E-state index in [-0.39, 0.29) is 24.0 Å². The third-order valence-electron chi connectivity index (χ3n) is 5.91. The number of guanidine groups is 1. The second kappa shape index (κ2) is 11.5. The molecule has 162 valence electrons. The van der Waals surface area contributed by atoms with Gasteiger partial charge in [-0.25, -0.2) is 0 Å². The number of hydrogen-bond acceptors (Lipinski definition) is 3. The lowest BCUT2D eigenvalue weighted by atomic mass is 10.00. The highest BCUT2D eigenvalue weighted by Gasteiger charge is 2.17. The van der Waals surface area contributed by atoms with Crippen LogP contribution >= 0.6 is 24.0 Å². The van der Waals surface area contributed by atoms with Gasteiger partial charge in [0.05, 0.1) is 0 Å². The molecular weight excluding hydrogens is 487 g/mol. The number of nitrogens with zero attached hydrogens (tertiary/aromatic N) is 5. The molecule has 0 spiro atoms. The lowest BCUT2D eigenvalue weighted by Crippen LogP contribution is -2.43. The van der Waals surface area contributed by atoms with Crippen LogP contribution in [0.25, 0.3) is 5.57 Å². The third-order valence-corrected chi connectivity index (χ3v) is 5.91. The summed E-state index contributed by atoms with van der Waals surface area (Å²) in [7, 11) is 1.87. The van der Waals surface area contributed by atoms with Gasteiger partial charge in [-0.3, -0.25) is 4.99 Å². The van der Waals surface area contributed by atoms with E-state index in [4.69, 9.17) is 0 Å². The highest BCUT2D eigenvalue weighted by atomic mass is 127. The minimum absolute atomic E-state index is 0. The van der Waals surface area contributed by atoms with Gasteiger partial charge in [-0.1, -0.05) is 42.8 Å². The van der Waals surface area contributed by atoms with Gasteiger partial charge < -0.3 is 14.8 Å². The minimum Gasteiger partial charge on any atom is -0.356 e. The smallest absolute Gasteiger partial charge is 0.193 e. The predicted molar refractivity (Wildman–Crippen MR) is 133 cm³/mol. The Kier molecular flexibility index (Phi) is 8.72. The van der Waals surface area contributed by atoms with Crippen molar-refractivity contribution in [1.82, 2.24) is 25.0 Å². The van der Waals surface area contributed by atoms with Crippen molar-refractivity contribution < 1.29 is 0 Å². The Morgan fingerprint density at radius 2 is 1.93 bits per heavy atom. The zero-order valence-electron chi connectivity index (χ0n) is 17.9. The Morgan fingerprint density at radius 3 is 2.70 bits per heavy atom. The van der Waals surface area contributed by atoms with Crippen molar-refractivity contribution in [1.29, 1.82) is 0 Å². The molecule has 0 fully saturated rings. The molecule has 0 aliphatic carbocycles. The molecule has 30 heavy (non-hydrogen) atoms. The van der Waals surface area contributed by atoms with E-state index >= 15 is 0 Å². The SMILES string of the molecule is CN=C(NCCCc1nnc2n1CCCCC2)N1CC=C(c2ccccc2)CC1.I. The van der Waals surface area contributed by atoms with E-state index in [9.17, 15) is 0 Å². The van der Waals surface area contributed by atoms with Gasteiger partial charge in [-0.05, 0) is 36.8 Å². The average Bonchev–Trinajstić information content (AvgIpc) is 3.00. The molecule has 0 radical (unpaired) electrons. The highest BCUT2D eigenvalue weighted by Crippen LogP contribution is 2.22. The van der Waals surface area contributed by atoms with Gasteiger partial charge in [0.15, 0.2) is 5.96 Å². The molecule has 0 unspecified atom stereocenters. The summed E-state index contributed by atoms with van der Waals surface area (Å²) in [6.07, 6.45) is 10.3. The Labute approximate surface area is 196 Å². The summed E-state index contributed by atoms with van der Waals surface area (Å²) in [5.41, 5.74) is 2.77. The van der Waals surface area contributed by atoms with E-state index in [0.29, 0.717) is 0 Å². The predicted octanol–water partition coefficient (Wildman–Crippen LogP) is 3.92. The molecule has 7 heteroatoms.